The fraction of sp³-hybridized carbons (Fsp3) is 0.217. The minimum absolute atomic E-state index is 0.0149. The lowest BCUT2D eigenvalue weighted by Crippen LogP contribution is -2.14. The fourth-order valence-electron chi connectivity index (χ4n) is 3.06. The van der Waals surface area contributed by atoms with Crippen LogP contribution in [0.3, 0.4) is 0 Å². The zero-order valence-electron chi connectivity index (χ0n) is 17.0. The molecule has 31 heavy (non-hydrogen) atoms. The van der Waals surface area contributed by atoms with Gasteiger partial charge in [0.2, 0.25) is 11.2 Å². The summed E-state index contributed by atoms with van der Waals surface area (Å²) in [6, 6.07) is 14.9. The Balaban J connectivity index is 1.96. The van der Waals surface area contributed by atoms with Crippen LogP contribution in [0.15, 0.2) is 68.7 Å². The number of esters is 1. The zero-order valence-corrected chi connectivity index (χ0v) is 17.8. The molecule has 162 valence electrons. The highest BCUT2D eigenvalue weighted by molar-refractivity contribution is 7.98. The van der Waals surface area contributed by atoms with Gasteiger partial charge >= 0.3 is 5.97 Å². The van der Waals surface area contributed by atoms with Gasteiger partial charge in [-0.15, -0.1) is 11.8 Å². The first-order valence-corrected chi connectivity index (χ1v) is 10.4. The maximum atomic E-state index is 12.4. The molecule has 8 heteroatoms. The van der Waals surface area contributed by atoms with Crippen molar-refractivity contribution in [1.29, 1.82) is 0 Å². The third kappa shape index (κ3) is 5.61. The Labute approximate surface area is 183 Å². The van der Waals surface area contributed by atoms with Crippen molar-refractivity contribution in [3.8, 4) is 17.2 Å². The maximum Gasteiger partial charge on any atom is 0.306 e. The van der Waals surface area contributed by atoms with E-state index in [2.05, 4.69) is 0 Å². The summed E-state index contributed by atoms with van der Waals surface area (Å²) >= 11 is 1.43. The number of ether oxygens (including phenoxy) is 2. The molecule has 0 radical (unpaired) electrons. The molecule has 0 saturated heterocycles. The number of phenolic OH excluding ortho intramolecular Hbond substituents is 1. The lowest BCUT2D eigenvalue weighted by molar-refractivity contribution is -0.140. The number of aromatic hydroxyl groups is 2. The number of benzene rings is 2. The van der Waals surface area contributed by atoms with Crippen molar-refractivity contribution in [2.45, 2.75) is 23.0 Å². The van der Waals surface area contributed by atoms with Gasteiger partial charge in [0.25, 0.3) is 0 Å². The second kappa shape index (κ2) is 10.1. The van der Waals surface area contributed by atoms with Crippen molar-refractivity contribution in [2.24, 2.45) is 0 Å². The van der Waals surface area contributed by atoms with Crippen LogP contribution in [0.2, 0.25) is 0 Å². The quantitative estimate of drug-likeness (QED) is 0.398. The molecule has 2 aromatic carbocycles. The van der Waals surface area contributed by atoms with Crippen LogP contribution in [0, 0.1) is 0 Å². The minimum Gasteiger partial charge on any atom is -0.508 e. The van der Waals surface area contributed by atoms with Crippen molar-refractivity contribution in [2.75, 3.05) is 14.2 Å². The van der Waals surface area contributed by atoms with E-state index in [1.54, 1.807) is 19.2 Å². The average molecular weight is 442 g/mol. The van der Waals surface area contributed by atoms with Crippen LogP contribution in [0.5, 0.6) is 17.2 Å². The predicted molar refractivity (Wildman–Crippen MR) is 116 cm³/mol. The summed E-state index contributed by atoms with van der Waals surface area (Å²) in [7, 11) is 2.83. The van der Waals surface area contributed by atoms with E-state index in [1.807, 2.05) is 24.3 Å². The number of hydrogen-bond donors (Lipinski definition) is 2. The molecule has 2 N–H and O–H groups in total. The predicted octanol–water partition coefficient (Wildman–Crippen LogP) is 4.05. The molecule has 0 aliphatic carbocycles. The lowest BCUT2D eigenvalue weighted by atomic mass is 9.92. The van der Waals surface area contributed by atoms with E-state index < -0.39 is 23.1 Å². The number of phenols is 1. The maximum absolute atomic E-state index is 12.4. The number of thioether (sulfide) groups is 1. The van der Waals surface area contributed by atoms with E-state index in [-0.39, 0.29) is 17.9 Å². The molecule has 0 saturated carbocycles. The molecule has 1 atom stereocenters. The van der Waals surface area contributed by atoms with Crippen LogP contribution < -0.4 is 10.2 Å². The molecular weight excluding hydrogens is 420 g/mol. The number of methoxy groups -OCH3 is 2. The van der Waals surface area contributed by atoms with Crippen LogP contribution in [-0.4, -0.2) is 30.4 Å². The Morgan fingerprint density at radius 1 is 1.10 bits per heavy atom. The summed E-state index contributed by atoms with van der Waals surface area (Å²) in [5, 5.41) is 20.3. The Kier molecular flexibility index (Phi) is 7.25. The highest BCUT2D eigenvalue weighted by Gasteiger charge is 2.27. The smallest absolute Gasteiger partial charge is 0.306 e. The van der Waals surface area contributed by atoms with Crippen molar-refractivity contribution in [1.82, 2.24) is 0 Å². The van der Waals surface area contributed by atoms with Crippen molar-refractivity contribution in [3.63, 3.8) is 0 Å². The molecule has 0 bridgehead atoms. The number of carbonyl (C=O) groups is 1. The molecule has 0 amide bonds. The molecule has 3 rings (SSSR count). The van der Waals surface area contributed by atoms with Crippen LogP contribution in [0.4, 0.5) is 0 Å². The first-order valence-electron chi connectivity index (χ1n) is 9.39. The van der Waals surface area contributed by atoms with Gasteiger partial charge in [-0.25, -0.2) is 0 Å². The third-order valence-corrected chi connectivity index (χ3v) is 5.63. The monoisotopic (exact) mass is 442 g/mol. The number of rotatable bonds is 8. The summed E-state index contributed by atoms with van der Waals surface area (Å²) in [4.78, 5) is 25.3. The van der Waals surface area contributed by atoms with Crippen molar-refractivity contribution >= 4 is 17.7 Å². The molecule has 1 unspecified atom stereocenters. The molecule has 0 fully saturated rings. The standard InChI is InChI=1S/C23H22O7S/c1-28-16-7-4-8-18(10-16)31-13-17-11-20(25)22(27)23(30-17)19(12-21(26)29-2)14-5-3-6-15(24)9-14/h3-11,19,24,27H,12-13H2,1-2H3. The minimum atomic E-state index is -0.811. The van der Waals surface area contributed by atoms with Gasteiger partial charge in [0.1, 0.15) is 17.3 Å². The van der Waals surface area contributed by atoms with E-state index in [0.29, 0.717) is 22.8 Å². The second-order valence-electron chi connectivity index (χ2n) is 6.69. The summed E-state index contributed by atoms with van der Waals surface area (Å²) in [5.74, 6) is -0.641. The largest absolute Gasteiger partial charge is 0.508 e. The highest BCUT2D eigenvalue weighted by atomic mass is 32.2. The second-order valence-corrected chi connectivity index (χ2v) is 7.73. The summed E-state index contributed by atoms with van der Waals surface area (Å²) in [6.07, 6.45) is -0.178. The third-order valence-electron chi connectivity index (χ3n) is 4.61. The average Bonchev–Trinajstić information content (AvgIpc) is 2.78. The molecular formula is C23H22O7S. The van der Waals surface area contributed by atoms with Crippen molar-refractivity contribution in [3.05, 3.63) is 81.9 Å². The normalized spacial score (nSPS) is 11.7. The summed E-state index contributed by atoms with van der Waals surface area (Å²) in [5.41, 5.74) is -0.112. The van der Waals surface area contributed by atoms with Gasteiger partial charge in [-0.2, -0.15) is 0 Å². The van der Waals surface area contributed by atoms with Gasteiger partial charge < -0.3 is 24.1 Å². The van der Waals surface area contributed by atoms with E-state index in [0.717, 1.165) is 4.90 Å². The zero-order chi connectivity index (χ0) is 22.4. The van der Waals surface area contributed by atoms with E-state index >= 15 is 0 Å². The van der Waals surface area contributed by atoms with Crippen LogP contribution in [0.25, 0.3) is 0 Å². The van der Waals surface area contributed by atoms with E-state index in [9.17, 15) is 19.8 Å². The number of hydrogen-bond acceptors (Lipinski definition) is 8. The van der Waals surface area contributed by atoms with Gasteiger partial charge in [-0.1, -0.05) is 18.2 Å². The molecule has 3 aromatic rings. The molecule has 1 aromatic heterocycles. The highest BCUT2D eigenvalue weighted by Crippen LogP contribution is 2.35. The molecule has 0 spiro atoms. The SMILES string of the molecule is COC(=O)CC(c1cccc(O)c1)c1oc(CSc2cccc(OC)c2)cc(=O)c1O. The fourth-order valence-corrected chi connectivity index (χ4v) is 3.89. The van der Waals surface area contributed by atoms with Crippen LogP contribution in [-0.2, 0) is 15.3 Å². The molecule has 7 nitrogen and oxygen atoms in total. The Hall–Kier alpha value is -3.39. The van der Waals surface area contributed by atoms with E-state index in [4.69, 9.17) is 13.9 Å². The van der Waals surface area contributed by atoms with E-state index in [1.165, 1.54) is 37.1 Å². The van der Waals surface area contributed by atoms with Crippen LogP contribution >= 0.6 is 11.8 Å². The van der Waals surface area contributed by atoms with Gasteiger partial charge in [0.05, 0.1) is 32.3 Å². The Bertz CT molecular complexity index is 1120. The molecule has 0 aliphatic heterocycles. The Morgan fingerprint density at radius 3 is 2.58 bits per heavy atom. The van der Waals surface area contributed by atoms with Gasteiger partial charge in [-0.3, -0.25) is 9.59 Å². The van der Waals surface area contributed by atoms with Crippen molar-refractivity contribution < 1.29 is 28.9 Å². The molecule has 0 aliphatic rings. The first-order chi connectivity index (χ1) is 14.9. The Morgan fingerprint density at radius 2 is 1.87 bits per heavy atom. The summed E-state index contributed by atoms with van der Waals surface area (Å²) in [6.45, 7) is 0. The van der Waals surface area contributed by atoms with Crippen LogP contribution in [0.1, 0.15) is 29.4 Å². The number of carbonyl (C=O) groups excluding carboxylic acids is 1. The van der Waals surface area contributed by atoms with Gasteiger partial charge in [-0.05, 0) is 35.9 Å². The van der Waals surface area contributed by atoms with Gasteiger partial charge in [0, 0.05) is 11.0 Å². The van der Waals surface area contributed by atoms with Gasteiger partial charge in [0.15, 0.2) is 5.76 Å². The lowest BCUT2D eigenvalue weighted by Gasteiger charge is -2.17. The summed E-state index contributed by atoms with van der Waals surface area (Å²) < 4.78 is 15.9. The molecule has 1 heterocycles. The topological polar surface area (TPSA) is 106 Å². The first kappa shape index (κ1) is 22.3.